The van der Waals surface area contributed by atoms with E-state index in [-0.39, 0.29) is 0 Å². The monoisotopic (exact) mass is 279 g/mol. The predicted octanol–water partition coefficient (Wildman–Crippen LogP) is 2.18. The SMILES string of the molecule is CCC(Br)C(=O)NCC(F)(F)C(F)F. The Kier molecular flexibility index (Phi) is 5.40. The van der Waals surface area contributed by atoms with Crippen LogP contribution in [0.1, 0.15) is 13.3 Å². The lowest BCUT2D eigenvalue weighted by Crippen LogP contribution is -2.43. The van der Waals surface area contributed by atoms with Gasteiger partial charge in [-0.3, -0.25) is 4.79 Å². The minimum absolute atomic E-state index is 0.395. The van der Waals surface area contributed by atoms with Crippen molar-refractivity contribution >= 4 is 21.8 Å². The zero-order valence-electron chi connectivity index (χ0n) is 7.37. The van der Waals surface area contributed by atoms with Crippen molar-refractivity contribution in [1.82, 2.24) is 5.32 Å². The van der Waals surface area contributed by atoms with Gasteiger partial charge in [0.1, 0.15) is 0 Å². The fourth-order valence-electron chi connectivity index (χ4n) is 0.578. The Labute approximate surface area is 87.2 Å². The Balaban J connectivity index is 4.00. The largest absolute Gasteiger partial charge is 0.349 e. The van der Waals surface area contributed by atoms with Gasteiger partial charge in [-0.15, -0.1) is 0 Å². The summed E-state index contributed by atoms with van der Waals surface area (Å²) < 4.78 is 47.9. The molecule has 0 aromatic rings. The van der Waals surface area contributed by atoms with Crippen LogP contribution in [0.4, 0.5) is 17.6 Å². The Morgan fingerprint density at radius 3 is 2.36 bits per heavy atom. The molecule has 0 rings (SSSR count). The van der Waals surface area contributed by atoms with Crippen LogP contribution in [-0.2, 0) is 4.79 Å². The number of carbonyl (C=O) groups is 1. The molecule has 0 radical (unpaired) electrons. The standard InChI is InChI=1S/C7H10BrF4NO/c1-2-4(8)5(14)13-3-7(11,12)6(9)10/h4,6H,2-3H2,1H3,(H,13,14). The minimum Gasteiger partial charge on any atom is -0.349 e. The fourth-order valence-corrected chi connectivity index (χ4v) is 0.740. The van der Waals surface area contributed by atoms with Gasteiger partial charge >= 0.3 is 12.3 Å². The molecule has 1 amide bonds. The van der Waals surface area contributed by atoms with Crippen LogP contribution in [0, 0.1) is 0 Å². The first-order valence-electron chi connectivity index (χ1n) is 3.89. The third-order valence-corrected chi connectivity index (χ3v) is 2.52. The maximum absolute atomic E-state index is 12.3. The van der Waals surface area contributed by atoms with Crippen LogP contribution in [0.3, 0.4) is 0 Å². The van der Waals surface area contributed by atoms with E-state index in [2.05, 4.69) is 15.9 Å². The summed E-state index contributed by atoms with van der Waals surface area (Å²) in [7, 11) is 0. The highest BCUT2D eigenvalue weighted by molar-refractivity contribution is 9.10. The van der Waals surface area contributed by atoms with Gasteiger partial charge in [-0.25, -0.2) is 8.78 Å². The van der Waals surface area contributed by atoms with E-state index in [0.717, 1.165) is 0 Å². The first kappa shape index (κ1) is 13.7. The summed E-state index contributed by atoms with van der Waals surface area (Å²) in [5.41, 5.74) is 0. The summed E-state index contributed by atoms with van der Waals surface area (Å²) >= 11 is 2.90. The van der Waals surface area contributed by atoms with Crippen molar-refractivity contribution in [2.24, 2.45) is 0 Å². The maximum atomic E-state index is 12.3. The molecule has 0 aliphatic heterocycles. The Bertz CT molecular complexity index is 200. The third kappa shape index (κ3) is 4.26. The molecule has 2 nitrogen and oxygen atoms in total. The Morgan fingerprint density at radius 1 is 1.50 bits per heavy atom. The van der Waals surface area contributed by atoms with Crippen LogP contribution < -0.4 is 5.32 Å². The summed E-state index contributed by atoms with van der Waals surface area (Å²) in [5, 5.41) is 1.74. The van der Waals surface area contributed by atoms with Crippen molar-refractivity contribution in [3.63, 3.8) is 0 Å². The first-order chi connectivity index (χ1) is 6.31. The van der Waals surface area contributed by atoms with Gasteiger partial charge in [0.15, 0.2) is 0 Å². The van der Waals surface area contributed by atoms with Gasteiger partial charge in [-0.2, -0.15) is 8.78 Å². The van der Waals surface area contributed by atoms with E-state index >= 15 is 0 Å². The zero-order chi connectivity index (χ0) is 11.4. The Morgan fingerprint density at radius 2 is 2.00 bits per heavy atom. The van der Waals surface area contributed by atoms with Gasteiger partial charge in [0.05, 0.1) is 11.4 Å². The Hall–Kier alpha value is -0.330. The molecule has 1 unspecified atom stereocenters. The molecule has 0 saturated heterocycles. The number of hydrogen-bond acceptors (Lipinski definition) is 1. The minimum atomic E-state index is -4.17. The lowest BCUT2D eigenvalue weighted by atomic mass is 10.3. The number of rotatable bonds is 5. The number of amides is 1. The molecule has 84 valence electrons. The molecule has 1 atom stereocenters. The quantitative estimate of drug-likeness (QED) is 0.607. The van der Waals surface area contributed by atoms with Gasteiger partial charge in [0.25, 0.3) is 0 Å². The molecule has 0 fully saturated rings. The molecule has 14 heavy (non-hydrogen) atoms. The van der Waals surface area contributed by atoms with Crippen LogP contribution in [0.2, 0.25) is 0 Å². The topological polar surface area (TPSA) is 29.1 Å². The van der Waals surface area contributed by atoms with E-state index in [1.54, 1.807) is 12.2 Å². The lowest BCUT2D eigenvalue weighted by molar-refractivity contribution is -0.136. The van der Waals surface area contributed by atoms with Crippen molar-refractivity contribution in [3.8, 4) is 0 Å². The molecule has 1 N–H and O–H groups in total. The molecular formula is C7H10BrF4NO. The second kappa shape index (κ2) is 5.53. The normalized spacial score (nSPS) is 14.2. The zero-order valence-corrected chi connectivity index (χ0v) is 8.95. The molecule has 0 aliphatic carbocycles. The highest BCUT2D eigenvalue weighted by Gasteiger charge is 2.41. The number of carbonyl (C=O) groups excluding carboxylic acids is 1. The van der Waals surface area contributed by atoms with E-state index in [0.29, 0.717) is 6.42 Å². The molecule has 0 spiro atoms. The highest BCUT2D eigenvalue weighted by Crippen LogP contribution is 2.21. The van der Waals surface area contributed by atoms with Gasteiger partial charge in [0.2, 0.25) is 5.91 Å². The molecule has 0 aliphatic rings. The van der Waals surface area contributed by atoms with Gasteiger partial charge in [-0.1, -0.05) is 22.9 Å². The van der Waals surface area contributed by atoms with Crippen LogP contribution in [0.5, 0.6) is 0 Å². The number of hydrogen-bond donors (Lipinski definition) is 1. The molecule has 0 saturated carbocycles. The van der Waals surface area contributed by atoms with Gasteiger partial charge in [-0.05, 0) is 6.42 Å². The molecular weight excluding hydrogens is 270 g/mol. The lowest BCUT2D eigenvalue weighted by Gasteiger charge is -2.16. The van der Waals surface area contributed by atoms with Crippen LogP contribution >= 0.6 is 15.9 Å². The van der Waals surface area contributed by atoms with Crippen LogP contribution in [0.15, 0.2) is 0 Å². The number of halogens is 5. The maximum Gasteiger partial charge on any atom is 0.324 e. The van der Waals surface area contributed by atoms with Crippen molar-refractivity contribution in [2.75, 3.05) is 6.54 Å². The average Bonchev–Trinajstić information content (AvgIpc) is 2.12. The van der Waals surface area contributed by atoms with E-state index in [4.69, 9.17) is 0 Å². The van der Waals surface area contributed by atoms with Crippen LogP contribution in [0.25, 0.3) is 0 Å². The van der Waals surface area contributed by atoms with E-state index < -0.39 is 29.6 Å². The van der Waals surface area contributed by atoms with Crippen molar-refractivity contribution in [1.29, 1.82) is 0 Å². The van der Waals surface area contributed by atoms with E-state index in [1.165, 1.54) is 0 Å². The number of alkyl halides is 5. The molecule has 0 aromatic heterocycles. The van der Waals surface area contributed by atoms with Crippen molar-refractivity contribution in [2.45, 2.75) is 30.5 Å². The van der Waals surface area contributed by atoms with Crippen molar-refractivity contribution in [3.05, 3.63) is 0 Å². The molecule has 0 bridgehead atoms. The highest BCUT2D eigenvalue weighted by atomic mass is 79.9. The average molecular weight is 280 g/mol. The smallest absolute Gasteiger partial charge is 0.324 e. The molecule has 0 aromatic carbocycles. The van der Waals surface area contributed by atoms with Crippen molar-refractivity contribution < 1.29 is 22.4 Å². The van der Waals surface area contributed by atoms with E-state index in [9.17, 15) is 22.4 Å². The second-order valence-electron chi connectivity index (χ2n) is 2.66. The summed E-state index contributed by atoms with van der Waals surface area (Å²) in [4.78, 5) is 10.3. The van der Waals surface area contributed by atoms with Crippen LogP contribution in [-0.4, -0.2) is 29.6 Å². The summed E-state index contributed by atoms with van der Waals surface area (Å²) in [6.07, 6.45) is -3.37. The molecule has 0 heterocycles. The first-order valence-corrected chi connectivity index (χ1v) is 4.80. The summed E-state index contributed by atoms with van der Waals surface area (Å²) in [6, 6.07) is 0. The summed E-state index contributed by atoms with van der Waals surface area (Å²) in [5.74, 6) is -4.89. The van der Waals surface area contributed by atoms with E-state index in [1.807, 2.05) is 0 Å². The molecule has 7 heteroatoms. The fraction of sp³-hybridized carbons (Fsp3) is 0.857. The predicted molar refractivity (Wildman–Crippen MR) is 47.0 cm³/mol. The third-order valence-electron chi connectivity index (χ3n) is 1.46. The number of nitrogens with one attached hydrogen (secondary N) is 1. The van der Waals surface area contributed by atoms with Gasteiger partial charge < -0.3 is 5.32 Å². The summed E-state index contributed by atoms with van der Waals surface area (Å²) in [6.45, 7) is 0.315. The second-order valence-corrected chi connectivity index (χ2v) is 3.76. The van der Waals surface area contributed by atoms with Gasteiger partial charge in [0, 0.05) is 0 Å².